The largest absolute Gasteiger partial charge is 0.364 e. The Hall–Kier alpha value is -2.55. The van der Waals surface area contributed by atoms with Crippen molar-refractivity contribution < 1.29 is 13.6 Å². The Labute approximate surface area is 146 Å². The number of carbonyl (C=O) groups excluding carboxylic acids is 1. The molecule has 0 N–H and O–H groups in total. The highest BCUT2D eigenvalue weighted by atomic mass is 35.5. The maximum absolute atomic E-state index is 13.6. The second-order valence-corrected chi connectivity index (χ2v) is 6.16. The van der Waals surface area contributed by atoms with Gasteiger partial charge in [0.1, 0.15) is 5.69 Å². The summed E-state index contributed by atoms with van der Waals surface area (Å²) in [7, 11) is 3.36. The molecule has 25 heavy (non-hydrogen) atoms. The molecule has 0 aliphatic rings. The summed E-state index contributed by atoms with van der Waals surface area (Å²) in [4.78, 5) is 18.1. The van der Waals surface area contributed by atoms with Crippen molar-refractivity contribution in [1.29, 1.82) is 0 Å². The molecule has 0 radical (unpaired) electrons. The van der Waals surface area contributed by atoms with Crippen molar-refractivity contribution in [3.05, 3.63) is 47.2 Å². The van der Waals surface area contributed by atoms with Crippen LogP contribution in [0.5, 0.6) is 0 Å². The molecule has 0 spiro atoms. The molecule has 3 aromatic heterocycles. The third kappa shape index (κ3) is 3.32. The van der Waals surface area contributed by atoms with Crippen LogP contribution in [0.4, 0.5) is 8.78 Å². The van der Waals surface area contributed by atoms with Gasteiger partial charge in [0.25, 0.3) is 5.91 Å². The third-order valence-corrected chi connectivity index (χ3v) is 3.93. The van der Waals surface area contributed by atoms with E-state index in [1.165, 1.54) is 11.0 Å². The lowest BCUT2D eigenvalue weighted by Gasteiger charge is -2.15. The van der Waals surface area contributed by atoms with E-state index in [4.69, 9.17) is 11.6 Å². The number of halogens is 3. The molecule has 10 heteroatoms. The molecular formula is C15H15ClF2N6O. The molecule has 0 unspecified atom stereocenters. The Bertz CT molecular complexity index is 945. The summed E-state index contributed by atoms with van der Waals surface area (Å²) in [6.07, 6.45) is 1.63. The molecule has 3 heterocycles. The van der Waals surface area contributed by atoms with Gasteiger partial charge in [-0.05, 0) is 30.7 Å². The van der Waals surface area contributed by atoms with Gasteiger partial charge in [0.15, 0.2) is 11.3 Å². The van der Waals surface area contributed by atoms with Crippen LogP contribution in [-0.2, 0) is 19.0 Å². The average Bonchev–Trinajstić information content (AvgIpc) is 3.11. The van der Waals surface area contributed by atoms with E-state index in [0.29, 0.717) is 12.2 Å². The van der Waals surface area contributed by atoms with Crippen LogP contribution in [0.25, 0.3) is 5.65 Å². The van der Waals surface area contributed by atoms with Crippen molar-refractivity contribution >= 4 is 23.2 Å². The number of fused-ring (bicyclic) bond motifs is 1. The molecule has 132 valence electrons. The summed E-state index contributed by atoms with van der Waals surface area (Å²) >= 11 is 5.15. The minimum absolute atomic E-state index is 0.00457. The normalized spacial score (nSPS) is 11.9. The molecule has 0 aliphatic carbocycles. The van der Waals surface area contributed by atoms with Crippen LogP contribution in [-0.4, -0.2) is 42.2 Å². The third-order valence-electron chi connectivity index (χ3n) is 3.73. The Morgan fingerprint density at radius 1 is 1.40 bits per heavy atom. The topological polar surface area (TPSA) is 68.3 Å². The number of rotatable bonds is 4. The van der Waals surface area contributed by atoms with E-state index in [-0.39, 0.29) is 11.3 Å². The number of alkyl halides is 3. The molecule has 3 aromatic rings. The van der Waals surface area contributed by atoms with E-state index in [2.05, 4.69) is 15.2 Å². The van der Waals surface area contributed by atoms with Crippen LogP contribution in [0.2, 0.25) is 0 Å². The van der Waals surface area contributed by atoms with Crippen LogP contribution in [0, 0.1) is 6.92 Å². The minimum atomic E-state index is -3.63. The molecule has 7 nitrogen and oxygen atoms in total. The van der Waals surface area contributed by atoms with E-state index in [9.17, 15) is 13.6 Å². The van der Waals surface area contributed by atoms with Crippen molar-refractivity contribution in [2.45, 2.75) is 18.9 Å². The predicted octanol–water partition coefficient (Wildman–Crippen LogP) is 2.33. The highest BCUT2D eigenvalue weighted by Crippen LogP contribution is 2.32. The summed E-state index contributed by atoms with van der Waals surface area (Å²) in [5.41, 5.74) is 0.772. The van der Waals surface area contributed by atoms with Gasteiger partial charge in [-0.2, -0.15) is 19.0 Å². The van der Waals surface area contributed by atoms with E-state index in [0.717, 1.165) is 16.3 Å². The van der Waals surface area contributed by atoms with Crippen molar-refractivity contribution in [3.8, 4) is 0 Å². The van der Waals surface area contributed by atoms with Gasteiger partial charge in [-0.25, -0.2) is 9.50 Å². The lowest BCUT2D eigenvalue weighted by atomic mass is 10.3. The van der Waals surface area contributed by atoms with Gasteiger partial charge >= 0.3 is 5.38 Å². The quantitative estimate of drug-likeness (QED) is 0.663. The van der Waals surface area contributed by atoms with Gasteiger partial charge in [-0.15, -0.1) is 0 Å². The number of hydrogen-bond acceptors (Lipinski definition) is 4. The molecule has 0 fully saturated rings. The van der Waals surface area contributed by atoms with E-state index in [1.54, 1.807) is 38.0 Å². The molecule has 0 aromatic carbocycles. The van der Waals surface area contributed by atoms with Crippen molar-refractivity contribution in [2.75, 3.05) is 7.05 Å². The van der Waals surface area contributed by atoms with E-state index in [1.807, 2.05) is 0 Å². The van der Waals surface area contributed by atoms with Crippen LogP contribution >= 0.6 is 11.6 Å². The zero-order chi connectivity index (χ0) is 18.4. The molecule has 1 amide bonds. The number of amides is 1. The first kappa shape index (κ1) is 17.3. The molecule has 0 atom stereocenters. The highest BCUT2D eigenvalue weighted by molar-refractivity contribution is 6.21. The van der Waals surface area contributed by atoms with Gasteiger partial charge in [0.05, 0.1) is 12.2 Å². The summed E-state index contributed by atoms with van der Waals surface area (Å²) in [6, 6.07) is 4.28. The van der Waals surface area contributed by atoms with Crippen LogP contribution in [0.1, 0.15) is 27.6 Å². The highest BCUT2D eigenvalue weighted by Gasteiger charge is 2.33. The maximum atomic E-state index is 13.6. The van der Waals surface area contributed by atoms with Gasteiger partial charge in [0.2, 0.25) is 0 Å². The lowest BCUT2D eigenvalue weighted by Crippen LogP contribution is -2.27. The van der Waals surface area contributed by atoms with Gasteiger partial charge in [0, 0.05) is 32.1 Å². The molecule has 0 aliphatic heterocycles. The fourth-order valence-corrected chi connectivity index (χ4v) is 2.61. The standard InChI is InChI=1S/C15H15ClF2N6O/c1-9-6-12(15(16,17)18)24-13(20-9)7-11(21-24)14(25)22(2)8-10-4-5-19-23(10)3/h4-7H,8H2,1-3H3. The molecule has 3 rings (SSSR count). The van der Waals surface area contributed by atoms with Crippen molar-refractivity contribution in [1.82, 2.24) is 29.3 Å². The maximum Gasteiger partial charge on any atom is 0.364 e. The Balaban J connectivity index is 1.96. The average molecular weight is 369 g/mol. The fourth-order valence-electron chi connectivity index (χ4n) is 2.47. The molecular weight excluding hydrogens is 354 g/mol. The first-order valence-electron chi connectivity index (χ1n) is 7.34. The Kier molecular flexibility index (Phi) is 4.19. The second kappa shape index (κ2) is 6.07. The van der Waals surface area contributed by atoms with Crippen molar-refractivity contribution in [2.24, 2.45) is 7.05 Å². The van der Waals surface area contributed by atoms with Crippen LogP contribution in [0.3, 0.4) is 0 Å². The Morgan fingerprint density at radius 3 is 2.72 bits per heavy atom. The number of nitrogens with zero attached hydrogens (tertiary/aromatic N) is 6. The second-order valence-electron chi connectivity index (χ2n) is 5.69. The van der Waals surface area contributed by atoms with Gasteiger partial charge in [-0.3, -0.25) is 9.48 Å². The summed E-state index contributed by atoms with van der Waals surface area (Å²) in [5, 5.41) is 4.38. The van der Waals surface area contributed by atoms with Gasteiger partial charge < -0.3 is 4.90 Å². The van der Waals surface area contributed by atoms with Crippen molar-refractivity contribution in [3.63, 3.8) is 0 Å². The first-order chi connectivity index (χ1) is 11.7. The summed E-state index contributed by atoms with van der Waals surface area (Å²) in [5.74, 6) is -0.423. The molecule has 0 bridgehead atoms. The van der Waals surface area contributed by atoms with Gasteiger partial charge in [-0.1, -0.05) is 0 Å². The molecule has 0 saturated heterocycles. The number of aromatic nitrogens is 5. The zero-order valence-corrected chi connectivity index (χ0v) is 14.5. The monoisotopic (exact) mass is 368 g/mol. The predicted molar refractivity (Wildman–Crippen MR) is 86.5 cm³/mol. The first-order valence-corrected chi connectivity index (χ1v) is 7.71. The molecule has 0 saturated carbocycles. The van der Waals surface area contributed by atoms with E-state index >= 15 is 0 Å². The number of carbonyl (C=O) groups is 1. The van der Waals surface area contributed by atoms with E-state index < -0.39 is 17.0 Å². The summed E-state index contributed by atoms with van der Waals surface area (Å²) in [6.45, 7) is 1.86. The Morgan fingerprint density at radius 2 is 2.12 bits per heavy atom. The lowest BCUT2D eigenvalue weighted by molar-refractivity contribution is 0.0770. The summed E-state index contributed by atoms with van der Waals surface area (Å²) < 4.78 is 29.7. The smallest absolute Gasteiger partial charge is 0.334 e. The SMILES string of the molecule is Cc1cc(C(F)(F)Cl)n2nc(C(=O)N(C)Cc3ccnn3C)cc2n1. The fraction of sp³-hybridized carbons (Fsp3) is 0.333. The van der Waals surface area contributed by atoms with Crippen LogP contribution < -0.4 is 0 Å². The number of aryl methyl sites for hydroxylation is 2. The minimum Gasteiger partial charge on any atom is -0.334 e. The zero-order valence-electron chi connectivity index (χ0n) is 13.7. The van der Waals surface area contributed by atoms with Crippen LogP contribution in [0.15, 0.2) is 24.4 Å². The number of hydrogen-bond donors (Lipinski definition) is 0.